The van der Waals surface area contributed by atoms with Gasteiger partial charge in [-0.3, -0.25) is 19.4 Å². The molecule has 0 spiro atoms. The molecule has 3 amide bonds. The van der Waals surface area contributed by atoms with Crippen LogP contribution in [0.3, 0.4) is 0 Å². The Morgan fingerprint density at radius 1 is 0.867 bits per heavy atom. The van der Waals surface area contributed by atoms with Crippen LogP contribution in [-0.2, 0) is 19.2 Å². The van der Waals surface area contributed by atoms with Crippen molar-refractivity contribution < 1.29 is 19.2 Å². The van der Waals surface area contributed by atoms with Gasteiger partial charge in [0.15, 0.2) is 5.96 Å². The predicted molar refractivity (Wildman–Crippen MR) is 116 cm³/mol. The minimum Gasteiger partial charge on any atom is -0.370 e. The van der Waals surface area contributed by atoms with E-state index in [2.05, 4.69) is 20.9 Å². The van der Waals surface area contributed by atoms with Crippen molar-refractivity contribution in [1.82, 2.24) is 16.0 Å². The summed E-state index contributed by atoms with van der Waals surface area (Å²) in [5, 5.41) is 8.05. The molecule has 0 fully saturated rings. The number of aliphatic imine (C=N–C) groups is 1. The largest absolute Gasteiger partial charge is 0.370 e. The number of aldehydes is 1. The molecule has 0 aromatic rings. The molecule has 0 saturated carbocycles. The van der Waals surface area contributed by atoms with E-state index in [-0.39, 0.29) is 11.9 Å². The first-order chi connectivity index (χ1) is 14.2. The highest BCUT2D eigenvalue weighted by Gasteiger charge is 2.26. The van der Waals surface area contributed by atoms with E-state index in [9.17, 15) is 19.2 Å². The van der Waals surface area contributed by atoms with Crippen LogP contribution in [0.15, 0.2) is 4.99 Å². The molecule has 0 aliphatic rings. The molecule has 0 rings (SSSR count). The van der Waals surface area contributed by atoms with Crippen molar-refractivity contribution >= 4 is 30.0 Å². The zero-order valence-electron chi connectivity index (χ0n) is 18.4. The SMILES string of the molecule is CCCCC(NC(C)=O)C(=O)NC(CCCC)C(=O)NC(C=O)CCCN=C(N)N. The molecule has 3 atom stereocenters. The van der Waals surface area contributed by atoms with Crippen LogP contribution in [-0.4, -0.2) is 54.6 Å². The van der Waals surface area contributed by atoms with Crippen LogP contribution < -0.4 is 27.4 Å². The minimum atomic E-state index is -0.782. The van der Waals surface area contributed by atoms with Gasteiger partial charge in [0.05, 0.1) is 6.04 Å². The van der Waals surface area contributed by atoms with Crippen LogP contribution in [0, 0.1) is 0 Å². The normalized spacial score (nSPS) is 13.4. The van der Waals surface area contributed by atoms with Crippen LogP contribution >= 0.6 is 0 Å². The van der Waals surface area contributed by atoms with Crippen molar-refractivity contribution in [2.24, 2.45) is 16.5 Å². The Balaban J connectivity index is 5.01. The maximum atomic E-state index is 12.7. The number of carbonyl (C=O) groups excluding carboxylic acids is 4. The number of guanidine groups is 1. The fraction of sp³-hybridized carbons (Fsp3) is 0.750. The van der Waals surface area contributed by atoms with Crippen molar-refractivity contribution in [3.63, 3.8) is 0 Å². The zero-order valence-corrected chi connectivity index (χ0v) is 18.4. The number of hydrogen-bond acceptors (Lipinski definition) is 5. The summed E-state index contributed by atoms with van der Waals surface area (Å²) in [6.07, 6.45) is 5.72. The van der Waals surface area contributed by atoms with Gasteiger partial charge in [-0.15, -0.1) is 0 Å². The van der Waals surface area contributed by atoms with Crippen molar-refractivity contribution in [2.45, 2.75) is 90.3 Å². The van der Waals surface area contributed by atoms with Crippen molar-refractivity contribution in [3.8, 4) is 0 Å². The average Bonchev–Trinajstić information content (AvgIpc) is 2.69. The first-order valence-corrected chi connectivity index (χ1v) is 10.6. The predicted octanol–water partition coefficient (Wildman–Crippen LogP) is 0.0936. The fourth-order valence-corrected chi connectivity index (χ4v) is 2.85. The smallest absolute Gasteiger partial charge is 0.243 e. The molecule has 0 heterocycles. The number of nitrogens with zero attached hydrogens (tertiary/aromatic N) is 1. The Labute approximate surface area is 179 Å². The molecular weight excluding hydrogens is 388 g/mol. The minimum absolute atomic E-state index is 0.0270. The molecule has 172 valence electrons. The second kappa shape index (κ2) is 16.2. The van der Waals surface area contributed by atoms with E-state index in [1.54, 1.807) is 0 Å². The summed E-state index contributed by atoms with van der Waals surface area (Å²) in [4.78, 5) is 52.0. The molecule has 0 saturated heterocycles. The third kappa shape index (κ3) is 12.7. The van der Waals surface area contributed by atoms with E-state index in [1.807, 2.05) is 13.8 Å². The third-order valence-corrected chi connectivity index (χ3v) is 4.48. The van der Waals surface area contributed by atoms with Gasteiger partial charge in [0.2, 0.25) is 17.7 Å². The Kier molecular flexibility index (Phi) is 14.8. The van der Waals surface area contributed by atoms with Gasteiger partial charge in [0.1, 0.15) is 18.4 Å². The highest BCUT2D eigenvalue weighted by molar-refractivity contribution is 5.92. The van der Waals surface area contributed by atoms with Gasteiger partial charge in [0.25, 0.3) is 0 Å². The Hall–Kier alpha value is -2.65. The number of amides is 3. The van der Waals surface area contributed by atoms with E-state index in [4.69, 9.17) is 11.5 Å². The van der Waals surface area contributed by atoms with Gasteiger partial charge in [-0.2, -0.15) is 0 Å². The summed E-state index contributed by atoms with van der Waals surface area (Å²) >= 11 is 0. The van der Waals surface area contributed by atoms with Crippen LogP contribution in [0.2, 0.25) is 0 Å². The average molecular weight is 427 g/mol. The van der Waals surface area contributed by atoms with E-state index in [0.29, 0.717) is 38.5 Å². The lowest BCUT2D eigenvalue weighted by atomic mass is 10.1. The summed E-state index contributed by atoms with van der Waals surface area (Å²) in [6.45, 7) is 5.68. The Morgan fingerprint density at radius 3 is 1.87 bits per heavy atom. The van der Waals surface area contributed by atoms with E-state index >= 15 is 0 Å². The highest BCUT2D eigenvalue weighted by Crippen LogP contribution is 2.06. The van der Waals surface area contributed by atoms with Gasteiger partial charge in [-0.1, -0.05) is 39.5 Å². The summed E-state index contributed by atoms with van der Waals surface area (Å²) in [5.41, 5.74) is 10.5. The maximum absolute atomic E-state index is 12.7. The number of nitrogens with one attached hydrogen (secondary N) is 3. The number of unbranched alkanes of at least 4 members (excludes halogenated alkanes) is 2. The topological polar surface area (TPSA) is 169 Å². The second-order valence-corrected chi connectivity index (χ2v) is 7.30. The Morgan fingerprint density at radius 2 is 1.40 bits per heavy atom. The summed E-state index contributed by atoms with van der Waals surface area (Å²) in [5.74, 6) is -1.15. The monoisotopic (exact) mass is 426 g/mol. The lowest BCUT2D eigenvalue weighted by Crippen LogP contribution is -2.54. The van der Waals surface area contributed by atoms with E-state index in [0.717, 1.165) is 25.7 Å². The maximum Gasteiger partial charge on any atom is 0.243 e. The molecule has 0 aromatic carbocycles. The van der Waals surface area contributed by atoms with Crippen molar-refractivity contribution in [2.75, 3.05) is 6.54 Å². The summed E-state index contributed by atoms with van der Waals surface area (Å²) in [7, 11) is 0. The highest BCUT2D eigenvalue weighted by atomic mass is 16.2. The number of rotatable bonds is 16. The number of hydrogen-bond donors (Lipinski definition) is 5. The first kappa shape index (κ1) is 27.4. The molecule has 3 unspecified atom stereocenters. The molecule has 10 heteroatoms. The number of carbonyl (C=O) groups is 4. The molecule has 0 aliphatic heterocycles. The number of nitrogens with two attached hydrogens (primary N) is 2. The Bertz CT molecular complexity index is 578. The van der Waals surface area contributed by atoms with Crippen LogP contribution in [0.4, 0.5) is 0 Å². The molecule has 7 N–H and O–H groups in total. The third-order valence-electron chi connectivity index (χ3n) is 4.48. The zero-order chi connectivity index (χ0) is 22.9. The molecule has 0 radical (unpaired) electrons. The van der Waals surface area contributed by atoms with Gasteiger partial charge in [-0.25, -0.2) is 0 Å². The van der Waals surface area contributed by atoms with Gasteiger partial charge < -0.3 is 32.2 Å². The quantitative estimate of drug-likeness (QED) is 0.101. The molecular formula is C20H38N6O4. The standard InChI is InChI=1S/C20H38N6O4/c1-4-6-10-16(24-14(3)28)19(30)26-17(11-7-5-2)18(29)25-15(13-27)9-8-12-23-20(21)22/h13,15-17H,4-12H2,1-3H3,(H,24,28)(H,25,29)(H,26,30)(H4,21,22,23). The molecule has 10 nitrogen and oxygen atoms in total. The molecule has 0 aliphatic carbocycles. The van der Waals surface area contributed by atoms with E-state index in [1.165, 1.54) is 6.92 Å². The molecule has 0 bridgehead atoms. The van der Waals surface area contributed by atoms with Gasteiger partial charge in [0, 0.05) is 13.5 Å². The van der Waals surface area contributed by atoms with Crippen molar-refractivity contribution in [1.29, 1.82) is 0 Å². The summed E-state index contributed by atoms with van der Waals surface area (Å²) < 4.78 is 0. The fourth-order valence-electron chi connectivity index (χ4n) is 2.85. The van der Waals surface area contributed by atoms with Gasteiger partial charge in [-0.05, 0) is 25.7 Å². The molecule has 30 heavy (non-hydrogen) atoms. The second-order valence-electron chi connectivity index (χ2n) is 7.30. The van der Waals surface area contributed by atoms with Crippen LogP contribution in [0.25, 0.3) is 0 Å². The van der Waals surface area contributed by atoms with E-state index < -0.39 is 29.9 Å². The van der Waals surface area contributed by atoms with Crippen LogP contribution in [0.5, 0.6) is 0 Å². The summed E-state index contributed by atoms with van der Waals surface area (Å²) in [6, 6.07) is -2.17. The van der Waals surface area contributed by atoms with Crippen LogP contribution in [0.1, 0.15) is 72.1 Å². The lowest BCUT2D eigenvalue weighted by Gasteiger charge is -2.24. The van der Waals surface area contributed by atoms with Crippen molar-refractivity contribution in [3.05, 3.63) is 0 Å². The lowest BCUT2D eigenvalue weighted by molar-refractivity contribution is -0.132. The first-order valence-electron chi connectivity index (χ1n) is 10.6. The van der Waals surface area contributed by atoms with Gasteiger partial charge >= 0.3 is 0 Å². The molecule has 0 aromatic heterocycles.